The predicted octanol–water partition coefficient (Wildman–Crippen LogP) is 1.57. The number of rotatable bonds is 6. The van der Waals surface area contributed by atoms with Crippen LogP contribution in [0.5, 0.6) is 5.75 Å². The SMILES string of the molecule is COc1ccc2c(CC(=O)NCCC(=O)O)coc2c1. The van der Waals surface area contributed by atoms with Gasteiger partial charge in [0, 0.05) is 23.6 Å². The zero-order valence-electron chi connectivity index (χ0n) is 11.0. The molecular weight excluding hydrogens is 262 g/mol. The second-order valence-electron chi connectivity index (χ2n) is 4.29. The van der Waals surface area contributed by atoms with E-state index in [2.05, 4.69) is 5.32 Å². The average molecular weight is 277 g/mol. The highest BCUT2D eigenvalue weighted by molar-refractivity contribution is 5.88. The third-order valence-corrected chi connectivity index (χ3v) is 2.87. The zero-order chi connectivity index (χ0) is 14.5. The molecule has 0 aliphatic carbocycles. The largest absolute Gasteiger partial charge is 0.497 e. The summed E-state index contributed by atoms with van der Waals surface area (Å²) in [7, 11) is 1.57. The van der Waals surface area contributed by atoms with Gasteiger partial charge in [0.2, 0.25) is 5.91 Å². The summed E-state index contributed by atoms with van der Waals surface area (Å²) in [5.41, 5.74) is 1.41. The summed E-state index contributed by atoms with van der Waals surface area (Å²) >= 11 is 0. The van der Waals surface area contributed by atoms with Gasteiger partial charge in [0.15, 0.2) is 0 Å². The van der Waals surface area contributed by atoms with Crippen molar-refractivity contribution < 1.29 is 23.8 Å². The summed E-state index contributed by atoms with van der Waals surface area (Å²) in [6.07, 6.45) is 1.59. The highest BCUT2D eigenvalue weighted by atomic mass is 16.5. The minimum Gasteiger partial charge on any atom is -0.497 e. The van der Waals surface area contributed by atoms with E-state index in [1.807, 2.05) is 6.07 Å². The number of carboxylic acid groups (broad SMARTS) is 1. The lowest BCUT2D eigenvalue weighted by Crippen LogP contribution is -2.27. The van der Waals surface area contributed by atoms with Crippen LogP contribution < -0.4 is 10.1 Å². The molecule has 1 heterocycles. The van der Waals surface area contributed by atoms with Crippen LogP contribution in [0.15, 0.2) is 28.9 Å². The van der Waals surface area contributed by atoms with Crippen molar-refractivity contribution in [3.05, 3.63) is 30.0 Å². The minimum atomic E-state index is -0.939. The molecule has 0 atom stereocenters. The first kappa shape index (κ1) is 13.9. The van der Waals surface area contributed by atoms with Crippen molar-refractivity contribution in [3.63, 3.8) is 0 Å². The molecule has 1 aromatic carbocycles. The molecular formula is C14H15NO5. The molecule has 0 aliphatic heterocycles. The van der Waals surface area contributed by atoms with Gasteiger partial charge >= 0.3 is 5.97 Å². The highest BCUT2D eigenvalue weighted by Gasteiger charge is 2.11. The van der Waals surface area contributed by atoms with E-state index < -0.39 is 5.97 Å². The number of benzene rings is 1. The Hall–Kier alpha value is -2.50. The van der Waals surface area contributed by atoms with Crippen LogP contribution in [0.25, 0.3) is 11.0 Å². The zero-order valence-corrected chi connectivity index (χ0v) is 11.0. The molecule has 0 unspecified atom stereocenters. The van der Waals surface area contributed by atoms with Gasteiger partial charge in [0.25, 0.3) is 0 Å². The monoisotopic (exact) mass is 277 g/mol. The van der Waals surface area contributed by atoms with Crippen LogP contribution in [0.1, 0.15) is 12.0 Å². The van der Waals surface area contributed by atoms with E-state index in [4.69, 9.17) is 14.3 Å². The normalized spacial score (nSPS) is 10.4. The van der Waals surface area contributed by atoms with Crippen LogP contribution in [0.4, 0.5) is 0 Å². The van der Waals surface area contributed by atoms with E-state index in [-0.39, 0.29) is 25.3 Å². The Bertz CT molecular complexity index is 632. The third kappa shape index (κ3) is 3.28. The van der Waals surface area contributed by atoms with E-state index in [0.717, 1.165) is 10.9 Å². The van der Waals surface area contributed by atoms with E-state index in [9.17, 15) is 9.59 Å². The molecule has 0 aliphatic rings. The number of carbonyl (C=O) groups excluding carboxylic acids is 1. The fourth-order valence-corrected chi connectivity index (χ4v) is 1.87. The van der Waals surface area contributed by atoms with Crippen molar-refractivity contribution in [3.8, 4) is 5.75 Å². The maximum Gasteiger partial charge on any atom is 0.305 e. The number of ether oxygens (including phenoxy) is 1. The van der Waals surface area contributed by atoms with Crippen LogP contribution >= 0.6 is 0 Å². The average Bonchev–Trinajstić information content (AvgIpc) is 2.80. The fourth-order valence-electron chi connectivity index (χ4n) is 1.87. The van der Waals surface area contributed by atoms with Gasteiger partial charge in [-0.25, -0.2) is 0 Å². The summed E-state index contributed by atoms with van der Waals surface area (Å²) < 4.78 is 10.5. The lowest BCUT2D eigenvalue weighted by atomic mass is 10.1. The molecule has 20 heavy (non-hydrogen) atoms. The van der Waals surface area contributed by atoms with Crippen molar-refractivity contribution >= 4 is 22.8 Å². The van der Waals surface area contributed by atoms with Gasteiger partial charge in [-0.2, -0.15) is 0 Å². The molecule has 1 aromatic heterocycles. The molecule has 0 saturated heterocycles. The molecule has 1 amide bonds. The van der Waals surface area contributed by atoms with Crippen LogP contribution in [0.3, 0.4) is 0 Å². The molecule has 106 valence electrons. The van der Waals surface area contributed by atoms with E-state index in [1.165, 1.54) is 6.26 Å². The maximum absolute atomic E-state index is 11.7. The Morgan fingerprint density at radius 3 is 2.90 bits per heavy atom. The summed E-state index contributed by atoms with van der Waals surface area (Å²) in [5.74, 6) is -0.486. The van der Waals surface area contributed by atoms with Crippen molar-refractivity contribution in [2.75, 3.05) is 13.7 Å². The summed E-state index contributed by atoms with van der Waals surface area (Å²) in [5, 5.41) is 11.9. The molecule has 0 saturated carbocycles. The lowest BCUT2D eigenvalue weighted by molar-refractivity contribution is -0.136. The second kappa shape index (κ2) is 6.10. The van der Waals surface area contributed by atoms with Gasteiger partial charge < -0.3 is 19.6 Å². The third-order valence-electron chi connectivity index (χ3n) is 2.87. The number of aliphatic carboxylic acids is 1. The first-order valence-corrected chi connectivity index (χ1v) is 6.12. The van der Waals surface area contributed by atoms with E-state index in [1.54, 1.807) is 19.2 Å². The molecule has 6 nitrogen and oxygen atoms in total. The summed E-state index contributed by atoms with van der Waals surface area (Å²) in [4.78, 5) is 22.0. The van der Waals surface area contributed by atoms with E-state index in [0.29, 0.717) is 11.3 Å². The summed E-state index contributed by atoms with van der Waals surface area (Å²) in [6, 6.07) is 5.38. The van der Waals surface area contributed by atoms with Crippen LogP contribution in [0.2, 0.25) is 0 Å². The number of amides is 1. The lowest BCUT2D eigenvalue weighted by Gasteiger charge is -2.02. The standard InChI is InChI=1S/C14H15NO5/c1-19-10-2-3-11-9(8-20-12(11)7-10)6-13(16)15-5-4-14(17)18/h2-3,7-8H,4-6H2,1H3,(H,15,16)(H,17,18). The number of furan rings is 1. The van der Waals surface area contributed by atoms with E-state index >= 15 is 0 Å². The van der Waals surface area contributed by atoms with Crippen molar-refractivity contribution in [2.45, 2.75) is 12.8 Å². The van der Waals surface area contributed by atoms with Crippen molar-refractivity contribution in [1.82, 2.24) is 5.32 Å². The van der Waals surface area contributed by atoms with Crippen molar-refractivity contribution in [1.29, 1.82) is 0 Å². The van der Waals surface area contributed by atoms with Crippen LogP contribution in [-0.4, -0.2) is 30.6 Å². The number of carbonyl (C=O) groups is 2. The van der Waals surface area contributed by atoms with Gasteiger partial charge in [-0.1, -0.05) is 0 Å². The first-order chi connectivity index (χ1) is 9.60. The molecule has 0 fully saturated rings. The maximum atomic E-state index is 11.7. The highest BCUT2D eigenvalue weighted by Crippen LogP contribution is 2.25. The Labute approximate surface area is 115 Å². The number of hydrogen-bond donors (Lipinski definition) is 2. The smallest absolute Gasteiger partial charge is 0.305 e. The molecule has 2 rings (SSSR count). The molecule has 2 aromatic rings. The number of methoxy groups -OCH3 is 1. The van der Waals surface area contributed by atoms with Gasteiger partial charge in [0.05, 0.1) is 26.2 Å². The Morgan fingerprint density at radius 1 is 1.40 bits per heavy atom. The minimum absolute atomic E-state index is 0.0882. The van der Waals surface area contributed by atoms with Crippen LogP contribution in [0, 0.1) is 0 Å². The topological polar surface area (TPSA) is 88.8 Å². The molecule has 6 heteroatoms. The Balaban J connectivity index is 2.02. The Kier molecular flexibility index (Phi) is 4.24. The first-order valence-electron chi connectivity index (χ1n) is 6.12. The number of hydrogen-bond acceptors (Lipinski definition) is 4. The molecule has 0 bridgehead atoms. The quantitative estimate of drug-likeness (QED) is 0.836. The van der Waals surface area contributed by atoms with Gasteiger partial charge in [0.1, 0.15) is 11.3 Å². The van der Waals surface area contributed by atoms with Gasteiger partial charge in [-0.15, -0.1) is 0 Å². The number of carboxylic acids is 1. The molecule has 2 N–H and O–H groups in total. The fraction of sp³-hybridized carbons (Fsp3) is 0.286. The second-order valence-corrected chi connectivity index (χ2v) is 4.29. The number of nitrogens with one attached hydrogen (secondary N) is 1. The molecule has 0 spiro atoms. The van der Waals surface area contributed by atoms with Crippen molar-refractivity contribution in [2.24, 2.45) is 0 Å². The predicted molar refractivity (Wildman–Crippen MR) is 71.7 cm³/mol. The summed E-state index contributed by atoms with van der Waals surface area (Å²) in [6.45, 7) is 0.123. The Morgan fingerprint density at radius 2 is 2.20 bits per heavy atom. The van der Waals surface area contributed by atoms with Gasteiger partial charge in [-0.05, 0) is 12.1 Å². The van der Waals surface area contributed by atoms with Crippen LogP contribution in [-0.2, 0) is 16.0 Å². The molecule has 0 radical (unpaired) electrons. The number of fused-ring (bicyclic) bond motifs is 1. The van der Waals surface area contributed by atoms with Gasteiger partial charge in [-0.3, -0.25) is 9.59 Å².